The molecule has 0 fully saturated rings. The van der Waals surface area contributed by atoms with Gasteiger partial charge in [-0.2, -0.15) is 0 Å². The number of ether oxygens (including phenoxy) is 1. The molecule has 1 aromatic carbocycles. The maximum Gasteiger partial charge on any atom is 0.264 e. The predicted molar refractivity (Wildman–Crippen MR) is 87.5 cm³/mol. The number of rotatable bonds is 7. The van der Waals surface area contributed by atoms with Crippen molar-refractivity contribution in [2.24, 2.45) is 10.6 Å². The third-order valence-electron chi connectivity index (χ3n) is 3.73. The first kappa shape index (κ1) is 17.3. The van der Waals surface area contributed by atoms with Crippen molar-refractivity contribution in [2.75, 3.05) is 20.3 Å². The summed E-state index contributed by atoms with van der Waals surface area (Å²) in [5, 5.41) is 16.0. The molecule has 0 bridgehead atoms. The molecule has 1 unspecified atom stereocenters. The van der Waals surface area contributed by atoms with Crippen molar-refractivity contribution in [1.29, 1.82) is 0 Å². The highest BCUT2D eigenvalue weighted by atomic mass is 16.6. The lowest BCUT2D eigenvalue weighted by Gasteiger charge is -2.22. The molecule has 0 aliphatic carbocycles. The number of oxime groups is 1. The molecule has 1 aliphatic rings. The fourth-order valence-electron chi connectivity index (χ4n) is 2.19. The summed E-state index contributed by atoms with van der Waals surface area (Å²) in [4.78, 5) is 17.3. The van der Waals surface area contributed by atoms with Gasteiger partial charge in [0.1, 0.15) is 5.75 Å². The molecule has 1 heterocycles. The van der Waals surface area contributed by atoms with E-state index >= 15 is 0 Å². The molecule has 1 aromatic rings. The Morgan fingerprint density at radius 1 is 1.52 bits per heavy atom. The smallest absolute Gasteiger partial charge is 0.264 e. The topological polar surface area (TPSA) is 80.2 Å². The number of carbonyl (C=O) groups is 1. The zero-order chi connectivity index (χ0) is 16.9. The van der Waals surface area contributed by atoms with Gasteiger partial charge in [0.15, 0.2) is 0 Å². The predicted octanol–water partition coefficient (Wildman–Crippen LogP) is 1.52. The molecule has 0 spiro atoms. The van der Waals surface area contributed by atoms with Crippen LogP contribution in [0, 0.1) is 5.41 Å². The molecule has 0 saturated heterocycles. The second-order valence-electron chi connectivity index (χ2n) is 6.52. The summed E-state index contributed by atoms with van der Waals surface area (Å²) in [6.07, 6.45) is 0.510. The van der Waals surface area contributed by atoms with Gasteiger partial charge < -0.3 is 20.0 Å². The van der Waals surface area contributed by atoms with E-state index in [2.05, 4.69) is 10.5 Å². The summed E-state index contributed by atoms with van der Waals surface area (Å²) in [6.45, 7) is 4.17. The second-order valence-corrected chi connectivity index (χ2v) is 6.52. The Balaban J connectivity index is 1.84. The highest BCUT2D eigenvalue weighted by Crippen LogP contribution is 2.18. The van der Waals surface area contributed by atoms with Crippen LogP contribution in [-0.2, 0) is 16.1 Å². The number of benzene rings is 1. The Bertz CT molecular complexity index is 584. The molecular formula is C17H24N2O4. The number of nitrogens with zero attached hydrogens (tertiary/aromatic N) is 1. The fourth-order valence-corrected chi connectivity index (χ4v) is 2.19. The van der Waals surface area contributed by atoms with E-state index in [1.807, 2.05) is 38.1 Å². The molecule has 23 heavy (non-hydrogen) atoms. The summed E-state index contributed by atoms with van der Waals surface area (Å²) in [5.41, 5.74) is 1.55. The van der Waals surface area contributed by atoms with Crippen molar-refractivity contribution >= 4 is 11.6 Å². The number of amides is 1. The third-order valence-corrected chi connectivity index (χ3v) is 3.73. The molecule has 126 valence electrons. The fraction of sp³-hybridized carbons (Fsp3) is 0.529. The zero-order valence-corrected chi connectivity index (χ0v) is 13.8. The Morgan fingerprint density at radius 3 is 3.00 bits per heavy atom. The Kier molecular flexibility index (Phi) is 5.60. The van der Waals surface area contributed by atoms with Gasteiger partial charge in [-0.1, -0.05) is 31.1 Å². The van der Waals surface area contributed by atoms with E-state index in [-0.39, 0.29) is 17.9 Å². The normalized spacial score (nSPS) is 17.4. The number of nitrogens with one attached hydrogen (secondary N) is 1. The third kappa shape index (κ3) is 4.96. The second kappa shape index (κ2) is 7.46. The zero-order valence-electron chi connectivity index (χ0n) is 13.8. The minimum atomic E-state index is -0.592. The summed E-state index contributed by atoms with van der Waals surface area (Å²) >= 11 is 0. The van der Waals surface area contributed by atoms with Crippen molar-refractivity contribution in [2.45, 2.75) is 32.8 Å². The van der Waals surface area contributed by atoms with Crippen molar-refractivity contribution in [3.05, 3.63) is 29.8 Å². The van der Waals surface area contributed by atoms with E-state index in [0.29, 0.717) is 19.4 Å². The molecule has 0 aromatic heterocycles. The molecule has 0 saturated carbocycles. The van der Waals surface area contributed by atoms with E-state index in [0.717, 1.165) is 17.0 Å². The first-order valence-electron chi connectivity index (χ1n) is 7.66. The van der Waals surface area contributed by atoms with Gasteiger partial charge in [0.25, 0.3) is 5.91 Å². The number of hydrogen-bond donors (Lipinski definition) is 2. The highest BCUT2D eigenvalue weighted by Gasteiger charge is 2.29. The van der Waals surface area contributed by atoms with Crippen LogP contribution in [0.3, 0.4) is 0 Å². The Morgan fingerprint density at radius 2 is 2.30 bits per heavy atom. The van der Waals surface area contributed by atoms with E-state index < -0.39 is 6.10 Å². The quantitative estimate of drug-likeness (QED) is 0.798. The van der Waals surface area contributed by atoms with Crippen molar-refractivity contribution < 1.29 is 19.5 Å². The number of aliphatic hydroxyl groups is 1. The lowest BCUT2D eigenvalue weighted by Crippen LogP contribution is -2.41. The van der Waals surface area contributed by atoms with Crippen LogP contribution in [0.25, 0.3) is 0 Å². The average Bonchev–Trinajstić information content (AvgIpc) is 3.01. The maximum absolute atomic E-state index is 12.1. The van der Waals surface area contributed by atoms with Crippen molar-refractivity contribution in [1.82, 2.24) is 5.32 Å². The van der Waals surface area contributed by atoms with Crippen LogP contribution >= 0.6 is 0 Å². The molecule has 1 atom stereocenters. The molecule has 6 heteroatoms. The lowest BCUT2D eigenvalue weighted by atomic mass is 9.95. The van der Waals surface area contributed by atoms with Gasteiger partial charge in [0.05, 0.1) is 12.8 Å². The molecule has 1 aliphatic heterocycles. The summed E-state index contributed by atoms with van der Waals surface area (Å²) in [6, 6.07) is 7.74. The lowest BCUT2D eigenvalue weighted by molar-refractivity contribution is -0.131. The van der Waals surface area contributed by atoms with E-state index in [1.54, 1.807) is 7.11 Å². The molecule has 2 rings (SSSR count). The van der Waals surface area contributed by atoms with Crippen LogP contribution in [0.1, 0.15) is 25.8 Å². The molecule has 6 nitrogen and oxygen atoms in total. The summed E-state index contributed by atoms with van der Waals surface area (Å²) in [7, 11) is 1.63. The standard InChI is InChI=1S/C17H24N2O4/c1-17(2,11-20)10-18-16(21)15-9-13(19-23-15)7-12-5-4-6-14(8-12)22-3/h4-6,8,15,20H,7,9-11H2,1-3H3,(H,18,21). The minimum Gasteiger partial charge on any atom is -0.497 e. The van der Waals surface area contributed by atoms with Gasteiger partial charge in [0.2, 0.25) is 6.10 Å². The van der Waals surface area contributed by atoms with Crippen LogP contribution < -0.4 is 10.1 Å². The molecule has 2 N–H and O–H groups in total. The summed E-state index contributed by atoms with van der Waals surface area (Å²) in [5.74, 6) is 0.596. The van der Waals surface area contributed by atoms with Gasteiger partial charge in [-0.05, 0) is 17.7 Å². The molecular weight excluding hydrogens is 296 g/mol. The Hall–Kier alpha value is -2.08. The monoisotopic (exact) mass is 320 g/mol. The largest absolute Gasteiger partial charge is 0.497 e. The maximum atomic E-state index is 12.1. The van der Waals surface area contributed by atoms with Crippen molar-refractivity contribution in [3.63, 3.8) is 0 Å². The van der Waals surface area contributed by atoms with Crippen LogP contribution in [-0.4, -0.2) is 43.1 Å². The van der Waals surface area contributed by atoms with Gasteiger partial charge >= 0.3 is 0 Å². The summed E-state index contributed by atoms with van der Waals surface area (Å²) < 4.78 is 5.20. The first-order chi connectivity index (χ1) is 10.9. The van der Waals surface area contributed by atoms with Gasteiger partial charge in [0, 0.05) is 31.4 Å². The SMILES string of the molecule is COc1cccc(CC2=NOC(C(=O)NCC(C)(C)CO)C2)c1. The van der Waals surface area contributed by atoms with Gasteiger partial charge in [-0.15, -0.1) is 0 Å². The van der Waals surface area contributed by atoms with E-state index in [4.69, 9.17) is 9.57 Å². The van der Waals surface area contributed by atoms with Crippen LogP contribution in [0.2, 0.25) is 0 Å². The van der Waals surface area contributed by atoms with E-state index in [9.17, 15) is 9.90 Å². The minimum absolute atomic E-state index is 0.0103. The van der Waals surface area contributed by atoms with Crippen LogP contribution in [0.5, 0.6) is 5.75 Å². The average molecular weight is 320 g/mol. The molecule has 1 amide bonds. The van der Waals surface area contributed by atoms with E-state index in [1.165, 1.54) is 0 Å². The van der Waals surface area contributed by atoms with Gasteiger partial charge in [-0.25, -0.2) is 0 Å². The number of aliphatic hydroxyl groups excluding tert-OH is 1. The van der Waals surface area contributed by atoms with Crippen LogP contribution in [0.4, 0.5) is 0 Å². The van der Waals surface area contributed by atoms with Crippen LogP contribution in [0.15, 0.2) is 29.4 Å². The first-order valence-corrected chi connectivity index (χ1v) is 7.66. The number of carbonyl (C=O) groups excluding carboxylic acids is 1. The Labute approximate surface area is 136 Å². The van der Waals surface area contributed by atoms with Gasteiger partial charge in [-0.3, -0.25) is 4.79 Å². The number of methoxy groups -OCH3 is 1. The number of hydrogen-bond acceptors (Lipinski definition) is 5. The van der Waals surface area contributed by atoms with Crippen molar-refractivity contribution in [3.8, 4) is 5.75 Å². The molecule has 0 radical (unpaired) electrons. The highest BCUT2D eigenvalue weighted by molar-refractivity contribution is 5.93.